The van der Waals surface area contributed by atoms with E-state index in [-0.39, 0.29) is 0 Å². The van der Waals surface area contributed by atoms with E-state index in [0.717, 1.165) is 30.8 Å². The number of nitrogens with zero attached hydrogens (tertiary/aromatic N) is 4. The maximum atomic E-state index is 6.22. The first-order chi connectivity index (χ1) is 12.1. The molecule has 0 atom stereocenters. The van der Waals surface area contributed by atoms with Gasteiger partial charge in [-0.05, 0) is 31.9 Å². The topological polar surface area (TPSA) is 93.7 Å². The van der Waals surface area contributed by atoms with E-state index in [1.165, 1.54) is 11.9 Å². The van der Waals surface area contributed by atoms with Gasteiger partial charge in [0.2, 0.25) is 0 Å². The minimum atomic E-state index is 0.519. The molecule has 0 saturated carbocycles. The lowest BCUT2D eigenvalue weighted by atomic mass is 10.1. The van der Waals surface area contributed by atoms with Crippen molar-refractivity contribution in [3.63, 3.8) is 0 Å². The Hall–Kier alpha value is -3.09. The van der Waals surface area contributed by atoms with Gasteiger partial charge in [0.15, 0.2) is 11.6 Å². The first kappa shape index (κ1) is 16.8. The molecule has 0 fully saturated rings. The molecule has 130 valence electrons. The second kappa shape index (κ2) is 7.65. The van der Waals surface area contributed by atoms with Gasteiger partial charge in [0.05, 0.1) is 6.33 Å². The molecule has 0 aliphatic rings. The molecule has 0 spiro atoms. The Morgan fingerprint density at radius 3 is 2.76 bits per heavy atom. The van der Waals surface area contributed by atoms with Crippen molar-refractivity contribution in [3.8, 4) is 0 Å². The quantitative estimate of drug-likeness (QED) is 0.574. The van der Waals surface area contributed by atoms with Gasteiger partial charge in [0, 0.05) is 31.2 Å². The first-order valence-electron chi connectivity index (χ1n) is 8.28. The van der Waals surface area contributed by atoms with Gasteiger partial charge in [-0.1, -0.05) is 17.7 Å². The van der Waals surface area contributed by atoms with Crippen molar-refractivity contribution in [1.82, 2.24) is 19.5 Å². The Labute approximate surface area is 147 Å². The minimum Gasteiger partial charge on any atom is -0.393 e. The van der Waals surface area contributed by atoms with E-state index >= 15 is 0 Å². The van der Waals surface area contributed by atoms with Crippen LogP contribution in [0.5, 0.6) is 0 Å². The van der Waals surface area contributed by atoms with Crippen molar-refractivity contribution in [2.75, 3.05) is 22.9 Å². The first-order valence-corrected chi connectivity index (χ1v) is 8.28. The Morgan fingerprint density at radius 1 is 1.16 bits per heavy atom. The van der Waals surface area contributed by atoms with Crippen LogP contribution in [0.25, 0.3) is 0 Å². The molecule has 0 amide bonds. The number of imidazole rings is 1. The van der Waals surface area contributed by atoms with E-state index in [9.17, 15) is 0 Å². The van der Waals surface area contributed by atoms with Gasteiger partial charge in [-0.3, -0.25) is 0 Å². The fraction of sp³-hybridized carbons (Fsp3) is 0.278. The zero-order valence-corrected chi connectivity index (χ0v) is 14.5. The molecule has 0 unspecified atom stereocenters. The Balaban J connectivity index is 1.63. The predicted molar refractivity (Wildman–Crippen MR) is 101 cm³/mol. The lowest BCUT2D eigenvalue weighted by Crippen LogP contribution is -2.11. The van der Waals surface area contributed by atoms with Crippen molar-refractivity contribution in [2.45, 2.75) is 26.8 Å². The van der Waals surface area contributed by atoms with Crippen molar-refractivity contribution < 1.29 is 0 Å². The molecule has 25 heavy (non-hydrogen) atoms. The summed E-state index contributed by atoms with van der Waals surface area (Å²) >= 11 is 0. The second-order valence-electron chi connectivity index (χ2n) is 6.01. The van der Waals surface area contributed by atoms with Crippen molar-refractivity contribution in [2.24, 2.45) is 0 Å². The molecule has 3 aromatic rings. The molecule has 0 radical (unpaired) electrons. The summed E-state index contributed by atoms with van der Waals surface area (Å²) in [4.78, 5) is 12.5. The highest BCUT2D eigenvalue weighted by Gasteiger charge is 2.09. The lowest BCUT2D eigenvalue weighted by Gasteiger charge is -2.14. The van der Waals surface area contributed by atoms with Crippen LogP contribution < -0.4 is 16.4 Å². The number of hydrogen-bond acceptors (Lipinski definition) is 6. The molecule has 4 N–H and O–H groups in total. The maximum absolute atomic E-state index is 6.22. The third-order valence-electron chi connectivity index (χ3n) is 3.96. The molecule has 3 rings (SSSR count). The predicted octanol–water partition coefficient (Wildman–Crippen LogP) is 3.12. The highest BCUT2D eigenvalue weighted by Crippen LogP contribution is 2.27. The summed E-state index contributed by atoms with van der Waals surface area (Å²) in [5.41, 5.74) is 10.1. The third kappa shape index (κ3) is 4.26. The number of anilines is 4. The highest BCUT2D eigenvalue weighted by molar-refractivity contribution is 5.78. The molecule has 7 nitrogen and oxygen atoms in total. The smallest absolute Gasteiger partial charge is 0.159 e. The van der Waals surface area contributed by atoms with Crippen LogP contribution >= 0.6 is 0 Å². The highest BCUT2D eigenvalue weighted by atomic mass is 15.1. The van der Waals surface area contributed by atoms with Gasteiger partial charge in [-0.2, -0.15) is 0 Å². The third-order valence-corrected chi connectivity index (χ3v) is 3.96. The Kier molecular flexibility index (Phi) is 5.13. The van der Waals surface area contributed by atoms with Gasteiger partial charge in [-0.15, -0.1) is 0 Å². The largest absolute Gasteiger partial charge is 0.393 e. The number of hydrogen-bond donors (Lipinski definition) is 3. The summed E-state index contributed by atoms with van der Waals surface area (Å²) in [7, 11) is 0. The normalized spacial score (nSPS) is 10.6. The number of nitrogens with two attached hydrogens (primary N) is 1. The monoisotopic (exact) mass is 337 g/mol. The van der Waals surface area contributed by atoms with E-state index in [1.54, 1.807) is 6.20 Å². The van der Waals surface area contributed by atoms with Crippen LogP contribution in [-0.2, 0) is 6.54 Å². The number of nitrogens with one attached hydrogen (secondary N) is 2. The lowest BCUT2D eigenvalue weighted by molar-refractivity contribution is 0.660. The molecule has 0 saturated heterocycles. The molecule has 7 heteroatoms. The summed E-state index contributed by atoms with van der Waals surface area (Å²) < 4.78 is 2.04. The van der Waals surface area contributed by atoms with Crippen LogP contribution in [0.1, 0.15) is 17.5 Å². The SMILES string of the molecule is Cc1ccc(Nc2ncnc(NCCCn3ccnc3)c2N)c(C)c1. The van der Waals surface area contributed by atoms with E-state index in [4.69, 9.17) is 5.73 Å². The molecule has 0 bridgehead atoms. The molecule has 0 aliphatic heterocycles. The van der Waals surface area contributed by atoms with Crippen LogP contribution in [0.2, 0.25) is 0 Å². The maximum Gasteiger partial charge on any atom is 0.159 e. The number of benzene rings is 1. The fourth-order valence-corrected chi connectivity index (χ4v) is 2.60. The number of nitrogen functional groups attached to an aromatic ring is 1. The molecule has 2 aromatic heterocycles. The van der Waals surface area contributed by atoms with Gasteiger partial charge in [-0.25, -0.2) is 15.0 Å². The average molecular weight is 337 g/mol. The summed E-state index contributed by atoms with van der Waals surface area (Å²) in [6, 6.07) is 6.21. The number of aromatic nitrogens is 4. The molecular weight excluding hydrogens is 314 g/mol. The zero-order valence-electron chi connectivity index (χ0n) is 14.5. The zero-order chi connectivity index (χ0) is 17.6. The van der Waals surface area contributed by atoms with E-state index in [2.05, 4.69) is 51.6 Å². The van der Waals surface area contributed by atoms with Crippen LogP contribution in [0.15, 0.2) is 43.2 Å². The number of aryl methyl sites for hydroxylation is 3. The van der Waals surface area contributed by atoms with Gasteiger partial charge >= 0.3 is 0 Å². The van der Waals surface area contributed by atoms with Crippen molar-refractivity contribution in [1.29, 1.82) is 0 Å². The Bertz CT molecular complexity index is 827. The summed E-state index contributed by atoms with van der Waals surface area (Å²) in [6.45, 7) is 5.79. The summed E-state index contributed by atoms with van der Waals surface area (Å²) in [6.07, 6.45) is 8.00. The molecule has 1 aromatic carbocycles. The van der Waals surface area contributed by atoms with Crippen LogP contribution in [0.3, 0.4) is 0 Å². The number of rotatable bonds is 7. The summed E-state index contributed by atoms with van der Waals surface area (Å²) in [5.74, 6) is 1.26. The van der Waals surface area contributed by atoms with Gasteiger partial charge in [0.25, 0.3) is 0 Å². The van der Waals surface area contributed by atoms with Crippen LogP contribution in [0.4, 0.5) is 23.0 Å². The average Bonchev–Trinajstić information content (AvgIpc) is 3.10. The molecular formula is C18H23N7. The van der Waals surface area contributed by atoms with E-state index in [1.807, 2.05) is 23.2 Å². The van der Waals surface area contributed by atoms with Gasteiger partial charge < -0.3 is 20.9 Å². The summed E-state index contributed by atoms with van der Waals surface area (Å²) in [5, 5.41) is 6.57. The van der Waals surface area contributed by atoms with Crippen LogP contribution in [0, 0.1) is 13.8 Å². The molecule has 0 aliphatic carbocycles. The fourth-order valence-electron chi connectivity index (χ4n) is 2.60. The van der Waals surface area contributed by atoms with Crippen LogP contribution in [-0.4, -0.2) is 26.1 Å². The van der Waals surface area contributed by atoms with E-state index in [0.29, 0.717) is 17.3 Å². The van der Waals surface area contributed by atoms with Gasteiger partial charge in [0.1, 0.15) is 12.0 Å². The van der Waals surface area contributed by atoms with Crippen molar-refractivity contribution >= 4 is 23.0 Å². The minimum absolute atomic E-state index is 0.519. The van der Waals surface area contributed by atoms with Crippen molar-refractivity contribution in [3.05, 3.63) is 54.4 Å². The molecule has 2 heterocycles. The Morgan fingerprint density at radius 2 is 2.00 bits per heavy atom. The second-order valence-corrected chi connectivity index (χ2v) is 6.01. The van der Waals surface area contributed by atoms with E-state index < -0.39 is 0 Å². The standard InChI is InChI=1S/C18H23N7/c1-13-4-5-15(14(2)10-13)24-18-16(19)17(22-11-23-18)21-6-3-8-25-9-7-20-12-25/h4-5,7,9-12H,3,6,8,19H2,1-2H3,(H2,21,22,23,24).